The summed E-state index contributed by atoms with van der Waals surface area (Å²) >= 11 is 7.44. The predicted molar refractivity (Wildman–Crippen MR) is 99.5 cm³/mol. The molecule has 1 saturated heterocycles. The molecule has 4 heterocycles. The minimum Gasteiger partial charge on any atom is -0.324 e. The van der Waals surface area contributed by atoms with E-state index in [4.69, 9.17) is 11.6 Å². The molecule has 0 radical (unpaired) electrons. The van der Waals surface area contributed by atoms with Gasteiger partial charge in [0.05, 0.1) is 38.6 Å². The monoisotopic (exact) mass is 439 g/mol. The lowest BCUT2D eigenvalue weighted by molar-refractivity contribution is -0.137. The van der Waals surface area contributed by atoms with E-state index in [1.54, 1.807) is 16.6 Å². The minimum absolute atomic E-state index is 0.144. The summed E-state index contributed by atoms with van der Waals surface area (Å²) in [5.74, 6) is 0.824. The van der Waals surface area contributed by atoms with Crippen LogP contribution in [0.3, 0.4) is 0 Å². The second-order valence-corrected chi connectivity index (χ2v) is 8.25. The number of benzene rings is 1. The molecule has 11 heteroatoms. The maximum absolute atomic E-state index is 13.2. The van der Waals surface area contributed by atoms with E-state index in [9.17, 15) is 18.0 Å². The Morgan fingerprint density at radius 3 is 2.79 bits per heavy atom. The van der Waals surface area contributed by atoms with Crippen LogP contribution < -0.4 is 0 Å². The number of hydrogen-bond acceptors (Lipinski definition) is 5. The van der Waals surface area contributed by atoms with Crippen molar-refractivity contribution in [3.8, 4) is 10.7 Å². The first-order valence-electron chi connectivity index (χ1n) is 8.86. The van der Waals surface area contributed by atoms with Crippen LogP contribution in [0.1, 0.15) is 40.6 Å². The van der Waals surface area contributed by atoms with Crippen molar-refractivity contribution in [2.75, 3.05) is 0 Å². The molecule has 1 amide bonds. The number of amides is 1. The molecule has 5 rings (SSSR count). The zero-order valence-electron chi connectivity index (χ0n) is 14.7. The average molecular weight is 440 g/mol. The van der Waals surface area contributed by atoms with Crippen LogP contribution in [0.5, 0.6) is 0 Å². The fraction of sp³-hybridized carbons (Fsp3) is 0.333. The van der Waals surface area contributed by atoms with Gasteiger partial charge in [-0.15, -0.1) is 21.5 Å². The van der Waals surface area contributed by atoms with Crippen molar-refractivity contribution >= 4 is 28.8 Å². The third-order valence-electron chi connectivity index (χ3n) is 5.40. The summed E-state index contributed by atoms with van der Waals surface area (Å²) < 4.78 is 41.6. The molecule has 2 aromatic heterocycles. The van der Waals surface area contributed by atoms with Gasteiger partial charge in [0.2, 0.25) is 0 Å². The molecule has 2 aliphatic rings. The van der Waals surface area contributed by atoms with Crippen LogP contribution in [0.2, 0.25) is 5.02 Å². The number of carbonyl (C=O) groups excluding carboxylic acids is 1. The first-order valence-corrected chi connectivity index (χ1v) is 10.1. The second kappa shape index (κ2) is 6.53. The quantitative estimate of drug-likeness (QED) is 0.592. The highest BCUT2D eigenvalue weighted by atomic mass is 35.5. The zero-order valence-corrected chi connectivity index (χ0v) is 16.3. The molecule has 0 spiro atoms. The number of alkyl halides is 3. The summed E-state index contributed by atoms with van der Waals surface area (Å²) in [5, 5.41) is 7.97. The number of nitrogens with zero attached hydrogens (tertiary/aromatic N) is 5. The molecule has 2 unspecified atom stereocenters. The van der Waals surface area contributed by atoms with Crippen LogP contribution in [-0.4, -0.2) is 36.6 Å². The summed E-state index contributed by atoms with van der Waals surface area (Å²) in [4.78, 5) is 19.8. The lowest BCUT2D eigenvalue weighted by Crippen LogP contribution is -2.44. The number of aromatic nitrogens is 4. The van der Waals surface area contributed by atoms with Gasteiger partial charge in [0, 0.05) is 12.7 Å². The van der Waals surface area contributed by atoms with Crippen molar-refractivity contribution < 1.29 is 18.0 Å². The lowest BCUT2D eigenvalue weighted by Gasteiger charge is -2.35. The normalized spacial score (nSPS) is 20.8. The molecule has 29 heavy (non-hydrogen) atoms. The molecule has 0 N–H and O–H groups in total. The zero-order chi connectivity index (χ0) is 20.3. The van der Waals surface area contributed by atoms with Gasteiger partial charge in [-0.05, 0) is 25.0 Å². The Kier molecular flexibility index (Phi) is 4.18. The number of thiazole rings is 1. The largest absolute Gasteiger partial charge is 0.417 e. The van der Waals surface area contributed by atoms with Gasteiger partial charge in [-0.2, -0.15) is 13.2 Å². The van der Waals surface area contributed by atoms with E-state index in [-0.39, 0.29) is 17.6 Å². The van der Waals surface area contributed by atoms with Crippen molar-refractivity contribution in [2.45, 2.75) is 37.6 Å². The first-order chi connectivity index (χ1) is 13.9. The Labute approximate surface area is 171 Å². The molecule has 0 saturated carbocycles. The van der Waals surface area contributed by atoms with Gasteiger partial charge in [0.25, 0.3) is 5.91 Å². The smallest absolute Gasteiger partial charge is 0.324 e. The Morgan fingerprint density at radius 1 is 1.24 bits per heavy atom. The van der Waals surface area contributed by atoms with Gasteiger partial charge >= 0.3 is 6.18 Å². The van der Waals surface area contributed by atoms with Crippen LogP contribution in [0.15, 0.2) is 29.9 Å². The van der Waals surface area contributed by atoms with Crippen molar-refractivity contribution in [3.63, 3.8) is 0 Å². The van der Waals surface area contributed by atoms with E-state index in [0.29, 0.717) is 24.6 Å². The van der Waals surface area contributed by atoms with E-state index < -0.39 is 22.7 Å². The number of halogens is 4. The maximum atomic E-state index is 13.2. The van der Waals surface area contributed by atoms with Crippen molar-refractivity contribution in [1.82, 2.24) is 24.6 Å². The highest BCUT2D eigenvalue weighted by molar-refractivity contribution is 7.13. The summed E-state index contributed by atoms with van der Waals surface area (Å²) in [5.41, 5.74) is 0.555. The van der Waals surface area contributed by atoms with Crippen molar-refractivity contribution in [1.29, 1.82) is 0 Å². The van der Waals surface area contributed by atoms with E-state index in [1.165, 1.54) is 23.5 Å². The fourth-order valence-electron chi connectivity index (χ4n) is 4.14. The van der Waals surface area contributed by atoms with E-state index in [2.05, 4.69) is 15.2 Å². The minimum atomic E-state index is -4.63. The Bertz CT molecular complexity index is 1100. The summed E-state index contributed by atoms with van der Waals surface area (Å²) in [6, 6.07) is 2.91. The van der Waals surface area contributed by atoms with Gasteiger partial charge in [0.1, 0.15) is 0 Å². The molecular formula is C18H13ClF3N5OS. The summed E-state index contributed by atoms with van der Waals surface area (Å²) in [6.45, 7) is 0.481. The summed E-state index contributed by atoms with van der Waals surface area (Å²) in [6.07, 6.45) is -1.51. The second-order valence-electron chi connectivity index (χ2n) is 6.98. The van der Waals surface area contributed by atoms with Gasteiger partial charge in [-0.1, -0.05) is 17.7 Å². The van der Waals surface area contributed by atoms with Gasteiger partial charge in [-0.3, -0.25) is 9.78 Å². The van der Waals surface area contributed by atoms with Crippen LogP contribution in [0.25, 0.3) is 10.7 Å². The SMILES string of the molecule is O=C(c1cccc(C(F)(F)F)c1Cl)N1C2CCC1c1nnc(-c3cncs3)n1C2. The van der Waals surface area contributed by atoms with Crippen LogP contribution in [-0.2, 0) is 12.7 Å². The third kappa shape index (κ3) is 2.84. The number of hydrogen-bond donors (Lipinski definition) is 0. The van der Waals surface area contributed by atoms with Gasteiger partial charge in [0.15, 0.2) is 11.6 Å². The number of fused-ring (bicyclic) bond motifs is 4. The van der Waals surface area contributed by atoms with E-state index in [1.807, 2.05) is 4.57 Å². The molecule has 2 aliphatic heterocycles. The van der Waals surface area contributed by atoms with E-state index >= 15 is 0 Å². The molecule has 1 fully saturated rings. The molecule has 6 nitrogen and oxygen atoms in total. The highest BCUT2D eigenvalue weighted by Gasteiger charge is 2.46. The Morgan fingerprint density at radius 2 is 2.07 bits per heavy atom. The van der Waals surface area contributed by atoms with Crippen LogP contribution in [0, 0.1) is 0 Å². The Hall–Kier alpha value is -2.46. The average Bonchev–Trinajstić information content (AvgIpc) is 3.39. The molecule has 2 atom stereocenters. The molecule has 0 aliphatic carbocycles. The van der Waals surface area contributed by atoms with E-state index in [0.717, 1.165) is 17.4 Å². The first kappa shape index (κ1) is 18.6. The molecule has 2 bridgehead atoms. The predicted octanol–water partition coefficient (Wildman–Crippen LogP) is 4.43. The third-order valence-corrected chi connectivity index (χ3v) is 6.57. The Balaban J connectivity index is 1.53. The number of rotatable bonds is 2. The summed E-state index contributed by atoms with van der Waals surface area (Å²) in [7, 11) is 0. The topological polar surface area (TPSA) is 63.9 Å². The number of carbonyl (C=O) groups is 1. The van der Waals surface area contributed by atoms with Gasteiger partial charge in [-0.25, -0.2) is 0 Å². The van der Waals surface area contributed by atoms with Crippen molar-refractivity contribution in [2.24, 2.45) is 0 Å². The fourth-order valence-corrected chi connectivity index (χ4v) is 5.07. The highest BCUT2D eigenvalue weighted by Crippen LogP contribution is 2.44. The standard InChI is InChI=1S/C18H13ClF3N5OS/c19-14-10(2-1-3-11(14)18(20,21)22)17(28)27-9-4-5-12(27)15-24-25-16(26(15)7-9)13-6-23-8-29-13/h1-3,6,8-9,12H,4-5,7H2. The van der Waals surface area contributed by atoms with Crippen LogP contribution >= 0.6 is 22.9 Å². The van der Waals surface area contributed by atoms with Crippen molar-refractivity contribution in [3.05, 3.63) is 51.9 Å². The van der Waals surface area contributed by atoms with Crippen LogP contribution in [0.4, 0.5) is 13.2 Å². The molecule has 150 valence electrons. The maximum Gasteiger partial charge on any atom is 0.417 e. The molecule has 3 aromatic rings. The lowest BCUT2D eigenvalue weighted by atomic mass is 10.1. The van der Waals surface area contributed by atoms with Gasteiger partial charge < -0.3 is 9.47 Å². The molecule has 1 aromatic carbocycles. The molecular weight excluding hydrogens is 427 g/mol.